The van der Waals surface area contributed by atoms with E-state index in [1.54, 1.807) is 32.9 Å². The van der Waals surface area contributed by atoms with Crippen molar-refractivity contribution in [2.45, 2.75) is 71.0 Å². The van der Waals surface area contributed by atoms with E-state index in [1.807, 2.05) is 0 Å². The SMILES string of the molecule is C=CC(=O)NC[C@H](NC(=O)OC(C)(C)C)C(=O)N1CC(OC(=O)N2Cc3cccc(F)c3C2)C[C@H]1C(C)=O. The molecule has 2 N–H and O–H groups in total. The molecule has 12 heteroatoms. The fourth-order valence-electron chi connectivity index (χ4n) is 4.36. The zero-order valence-corrected chi connectivity index (χ0v) is 21.9. The van der Waals surface area contributed by atoms with Crippen LogP contribution in [-0.2, 0) is 36.9 Å². The zero-order chi connectivity index (χ0) is 28.2. The highest BCUT2D eigenvalue weighted by molar-refractivity contribution is 5.93. The van der Waals surface area contributed by atoms with Gasteiger partial charge in [-0.2, -0.15) is 0 Å². The van der Waals surface area contributed by atoms with Gasteiger partial charge in [0.2, 0.25) is 11.8 Å². The van der Waals surface area contributed by atoms with Crippen LogP contribution in [0.3, 0.4) is 0 Å². The standard InChI is InChI=1S/C26H33FN4O7/c1-6-22(33)28-11-20(29-24(35)38-26(3,4)5)23(34)31-13-17(10-21(31)15(2)32)37-25(36)30-12-16-8-7-9-19(27)18(16)14-30/h6-9,17,20-21H,1,10-14H2,2-5H3,(H,28,33)(H,29,35)/t17?,20-,21-/m0/s1. The molecule has 0 spiro atoms. The van der Waals surface area contributed by atoms with Gasteiger partial charge < -0.3 is 25.0 Å². The van der Waals surface area contributed by atoms with Crippen LogP contribution in [-0.4, -0.2) is 76.5 Å². The third-order valence-corrected chi connectivity index (χ3v) is 6.12. The number of nitrogens with one attached hydrogen (secondary N) is 2. The highest BCUT2D eigenvalue weighted by atomic mass is 19.1. The first kappa shape index (κ1) is 28.6. The Hall–Kier alpha value is -3.96. The molecule has 38 heavy (non-hydrogen) atoms. The average Bonchev–Trinajstić information content (AvgIpc) is 3.45. The molecular formula is C26H33FN4O7. The second kappa shape index (κ2) is 11.6. The summed E-state index contributed by atoms with van der Waals surface area (Å²) >= 11 is 0. The van der Waals surface area contributed by atoms with E-state index in [0.29, 0.717) is 11.1 Å². The lowest BCUT2D eigenvalue weighted by atomic mass is 10.1. The van der Waals surface area contributed by atoms with E-state index in [4.69, 9.17) is 9.47 Å². The van der Waals surface area contributed by atoms with Crippen LogP contribution in [0.15, 0.2) is 30.9 Å². The highest BCUT2D eigenvalue weighted by Gasteiger charge is 2.43. The van der Waals surface area contributed by atoms with Crippen LogP contribution in [0.2, 0.25) is 0 Å². The third kappa shape index (κ3) is 7.08. The summed E-state index contributed by atoms with van der Waals surface area (Å²) in [5, 5.41) is 4.90. The maximum Gasteiger partial charge on any atom is 0.410 e. The molecule has 0 radical (unpaired) electrons. The van der Waals surface area contributed by atoms with Crippen LogP contribution in [0.5, 0.6) is 0 Å². The van der Waals surface area contributed by atoms with E-state index in [0.717, 1.165) is 6.08 Å². The van der Waals surface area contributed by atoms with Crippen molar-refractivity contribution in [1.29, 1.82) is 0 Å². The molecule has 2 aliphatic heterocycles. The van der Waals surface area contributed by atoms with E-state index in [-0.39, 0.29) is 38.4 Å². The molecule has 2 heterocycles. The molecule has 1 saturated heterocycles. The number of amides is 4. The van der Waals surface area contributed by atoms with Gasteiger partial charge in [0.15, 0.2) is 5.78 Å². The minimum atomic E-state index is -1.26. The smallest absolute Gasteiger partial charge is 0.410 e. The molecule has 4 amide bonds. The van der Waals surface area contributed by atoms with E-state index in [2.05, 4.69) is 17.2 Å². The van der Waals surface area contributed by atoms with Crippen molar-refractivity contribution in [2.24, 2.45) is 0 Å². The molecule has 3 atom stereocenters. The van der Waals surface area contributed by atoms with Crippen LogP contribution in [0.4, 0.5) is 14.0 Å². The number of hydrogen-bond acceptors (Lipinski definition) is 7. The third-order valence-electron chi connectivity index (χ3n) is 6.12. The first-order valence-corrected chi connectivity index (χ1v) is 12.2. The first-order chi connectivity index (χ1) is 17.8. The normalized spacial score (nSPS) is 19.3. The van der Waals surface area contributed by atoms with Gasteiger partial charge in [0.25, 0.3) is 0 Å². The van der Waals surface area contributed by atoms with Crippen molar-refractivity contribution < 1.29 is 37.8 Å². The first-order valence-electron chi connectivity index (χ1n) is 12.2. The van der Waals surface area contributed by atoms with Crippen LogP contribution < -0.4 is 10.6 Å². The van der Waals surface area contributed by atoms with Crippen LogP contribution in [0, 0.1) is 5.82 Å². The number of Topliss-reactive ketones (excluding diaryl/α,β-unsaturated/α-hetero) is 1. The van der Waals surface area contributed by atoms with Crippen molar-refractivity contribution in [1.82, 2.24) is 20.4 Å². The molecular weight excluding hydrogens is 499 g/mol. The van der Waals surface area contributed by atoms with E-state index in [9.17, 15) is 28.4 Å². The molecule has 0 aliphatic carbocycles. The van der Waals surface area contributed by atoms with Crippen LogP contribution in [0.1, 0.15) is 45.2 Å². The lowest BCUT2D eigenvalue weighted by Gasteiger charge is -2.29. The number of benzene rings is 1. The molecule has 3 rings (SSSR count). The lowest BCUT2D eigenvalue weighted by molar-refractivity contribution is -0.138. The minimum Gasteiger partial charge on any atom is -0.444 e. The van der Waals surface area contributed by atoms with E-state index in [1.165, 1.54) is 22.8 Å². The number of alkyl carbamates (subject to hydrolysis) is 1. The van der Waals surface area contributed by atoms with Crippen molar-refractivity contribution in [3.8, 4) is 0 Å². The second-order valence-corrected chi connectivity index (χ2v) is 10.2. The number of nitrogens with zero attached hydrogens (tertiary/aromatic N) is 2. The fourth-order valence-corrected chi connectivity index (χ4v) is 4.36. The largest absolute Gasteiger partial charge is 0.444 e. The number of likely N-dealkylation sites (tertiary alicyclic amines) is 1. The molecule has 11 nitrogen and oxygen atoms in total. The van der Waals surface area contributed by atoms with Crippen LogP contribution >= 0.6 is 0 Å². The number of ketones is 1. The summed E-state index contributed by atoms with van der Waals surface area (Å²) in [6.45, 7) is 9.47. The molecule has 1 unspecified atom stereocenters. The quantitative estimate of drug-likeness (QED) is 0.513. The fraction of sp³-hybridized carbons (Fsp3) is 0.500. The predicted molar refractivity (Wildman–Crippen MR) is 133 cm³/mol. The minimum absolute atomic E-state index is 0.0528. The van der Waals surface area contributed by atoms with E-state index >= 15 is 0 Å². The van der Waals surface area contributed by atoms with Gasteiger partial charge in [0.1, 0.15) is 23.6 Å². The Labute approximate surface area is 220 Å². The number of halogens is 1. The lowest BCUT2D eigenvalue weighted by Crippen LogP contribution is -2.56. The number of carbonyl (C=O) groups excluding carboxylic acids is 5. The molecule has 0 saturated carbocycles. The zero-order valence-electron chi connectivity index (χ0n) is 21.9. The summed E-state index contributed by atoms with van der Waals surface area (Å²) in [7, 11) is 0. The topological polar surface area (TPSA) is 134 Å². The highest BCUT2D eigenvalue weighted by Crippen LogP contribution is 2.28. The van der Waals surface area contributed by atoms with Gasteiger partial charge >= 0.3 is 12.2 Å². The van der Waals surface area contributed by atoms with Crippen molar-refractivity contribution in [3.05, 3.63) is 47.8 Å². The number of ether oxygens (including phenoxy) is 2. The summed E-state index contributed by atoms with van der Waals surface area (Å²) in [5.74, 6) is -1.96. The van der Waals surface area contributed by atoms with Crippen LogP contribution in [0.25, 0.3) is 0 Å². The Morgan fingerprint density at radius 3 is 2.53 bits per heavy atom. The monoisotopic (exact) mass is 532 g/mol. The number of hydrogen-bond donors (Lipinski definition) is 2. The summed E-state index contributed by atoms with van der Waals surface area (Å²) in [5.41, 5.74) is 0.269. The summed E-state index contributed by atoms with van der Waals surface area (Å²) in [6, 6.07) is 2.45. The summed E-state index contributed by atoms with van der Waals surface area (Å²) < 4.78 is 24.9. The van der Waals surface area contributed by atoms with Gasteiger partial charge in [-0.25, -0.2) is 14.0 Å². The van der Waals surface area contributed by atoms with Gasteiger partial charge in [-0.05, 0) is 45.4 Å². The molecule has 2 aliphatic rings. The van der Waals surface area contributed by atoms with Gasteiger partial charge in [-0.3, -0.25) is 19.3 Å². The van der Waals surface area contributed by atoms with Crippen molar-refractivity contribution in [3.63, 3.8) is 0 Å². The Bertz CT molecular complexity index is 1130. The molecule has 0 aromatic heterocycles. The van der Waals surface area contributed by atoms with Gasteiger partial charge in [0, 0.05) is 25.1 Å². The molecule has 1 aromatic carbocycles. The maximum atomic E-state index is 14.1. The Morgan fingerprint density at radius 1 is 1.21 bits per heavy atom. The second-order valence-electron chi connectivity index (χ2n) is 10.2. The Kier molecular flexibility index (Phi) is 8.74. The van der Waals surface area contributed by atoms with Gasteiger partial charge in [-0.1, -0.05) is 18.7 Å². The summed E-state index contributed by atoms with van der Waals surface area (Å²) in [4.78, 5) is 65.4. The van der Waals surface area contributed by atoms with Crippen molar-refractivity contribution >= 4 is 29.8 Å². The maximum absolute atomic E-state index is 14.1. The Morgan fingerprint density at radius 2 is 1.92 bits per heavy atom. The summed E-state index contributed by atoms with van der Waals surface area (Å²) in [6.07, 6.45) is -1.31. The molecule has 206 valence electrons. The number of fused-ring (bicyclic) bond motifs is 1. The molecule has 1 fully saturated rings. The average molecular weight is 533 g/mol. The number of carbonyl (C=O) groups is 5. The predicted octanol–water partition coefficient (Wildman–Crippen LogP) is 2.03. The molecule has 0 bridgehead atoms. The molecule has 1 aromatic rings. The van der Waals surface area contributed by atoms with Gasteiger partial charge in [0.05, 0.1) is 19.1 Å². The number of rotatable bonds is 7. The van der Waals surface area contributed by atoms with Crippen molar-refractivity contribution in [2.75, 3.05) is 13.1 Å². The van der Waals surface area contributed by atoms with Gasteiger partial charge in [-0.15, -0.1) is 0 Å². The van der Waals surface area contributed by atoms with E-state index < -0.39 is 53.6 Å². The Balaban J connectivity index is 1.70.